The fourth-order valence-corrected chi connectivity index (χ4v) is 2.67. The molecule has 1 atom stereocenters. The van der Waals surface area contributed by atoms with Gasteiger partial charge in [-0.2, -0.15) is 8.42 Å². The number of hydrogen-bond donors (Lipinski definition) is 1. The van der Waals surface area contributed by atoms with E-state index >= 15 is 0 Å². The maximum absolute atomic E-state index is 10.9. The minimum Gasteiger partial charge on any atom is -0.282 e. The SMILES string of the molecule is CCCCCCCC(C)c1ccc(S(=O)(=O)O)cc1. The van der Waals surface area contributed by atoms with Gasteiger partial charge in [0, 0.05) is 0 Å². The first-order valence-corrected chi connectivity index (χ1v) is 8.46. The molecule has 0 amide bonds. The first-order valence-electron chi connectivity index (χ1n) is 7.02. The molecule has 1 aromatic carbocycles. The highest BCUT2D eigenvalue weighted by Crippen LogP contribution is 2.23. The highest BCUT2D eigenvalue weighted by Gasteiger charge is 2.10. The van der Waals surface area contributed by atoms with Crippen molar-refractivity contribution in [2.75, 3.05) is 0 Å². The van der Waals surface area contributed by atoms with Crippen LogP contribution >= 0.6 is 0 Å². The van der Waals surface area contributed by atoms with Crippen molar-refractivity contribution in [1.82, 2.24) is 0 Å². The molecule has 0 aromatic heterocycles. The minimum atomic E-state index is -4.07. The fourth-order valence-electron chi connectivity index (χ4n) is 2.19. The molecule has 0 spiro atoms. The monoisotopic (exact) mass is 284 g/mol. The van der Waals surface area contributed by atoms with Crippen LogP contribution in [0.5, 0.6) is 0 Å². The Morgan fingerprint density at radius 2 is 1.63 bits per heavy atom. The molecule has 0 aliphatic carbocycles. The molecule has 108 valence electrons. The average Bonchev–Trinajstić information content (AvgIpc) is 2.37. The van der Waals surface area contributed by atoms with Gasteiger partial charge in [0.1, 0.15) is 0 Å². The summed E-state index contributed by atoms with van der Waals surface area (Å²) in [7, 11) is -4.07. The van der Waals surface area contributed by atoms with E-state index in [-0.39, 0.29) is 4.90 Å². The van der Waals surface area contributed by atoms with E-state index in [2.05, 4.69) is 13.8 Å². The maximum atomic E-state index is 10.9. The van der Waals surface area contributed by atoms with Crippen LogP contribution < -0.4 is 0 Å². The number of rotatable bonds is 8. The summed E-state index contributed by atoms with van der Waals surface area (Å²) < 4.78 is 30.8. The summed E-state index contributed by atoms with van der Waals surface area (Å²) in [6.45, 7) is 4.36. The van der Waals surface area contributed by atoms with Gasteiger partial charge in [-0.3, -0.25) is 4.55 Å². The van der Waals surface area contributed by atoms with E-state index in [1.54, 1.807) is 12.1 Å². The van der Waals surface area contributed by atoms with Gasteiger partial charge in [-0.1, -0.05) is 58.1 Å². The van der Waals surface area contributed by atoms with Gasteiger partial charge >= 0.3 is 0 Å². The second kappa shape index (κ2) is 7.65. The van der Waals surface area contributed by atoms with Gasteiger partial charge in [-0.25, -0.2) is 0 Å². The molecular weight excluding hydrogens is 260 g/mol. The van der Waals surface area contributed by atoms with E-state index < -0.39 is 10.1 Å². The molecule has 1 unspecified atom stereocenters. The van der Waals surface area contributed by atoms with Crippen LogP contribution in [-0.2, 0) is 10.1 Å². The van der Waals surface area contributed by atoms with Gasteiger partial charge in [0.15, 0.2) is 0 Å². The van der Waals surface area contributed by atoms with Gasteiger partial charge in [0.05, 0.1) is 4.90 Å². The summed E-state index contributed by atoms with van der Waals surface area (Å²) >= 11 is 0. The summed E-state index contributed by atoms with van der Waals surface area (Å²) in [6.07, 6.45) is 7.45. The minimum absolute atomic E-state index is 0.0357. The lowest BCUT2D eigenvalue weighted by atomic mass is 9.95. The lowest BCUT2D eigenvalue weighted by molar-refractivity contribution is 0.483. The van der Waals surface area contributed by atoms with Gasteiger partial charge in [0.2, 0.25) is 0 Å². The zero-order valence-corrected chi connectivity index (χ0v) is 12.6. The predicted octanol–water partition coefficient (Wildman–Crippen LogP) is 4.40. The third-order valence-electron chi connectivity index (χ3n) is 3.49. The molecule has 3 nitrogen and oxygen atoms in total. The largest absolute Gasteiger partial charge is 0.294 e. The Morgan fingerprint density at radius 3 is 2.16 bits per heavy atom. The van der Waals surface area contributed by atoms with Crippen molar-refractivity contribution in [2.24, 2.45) is 0 Å². The summed E-state index contributed by atoms with van der Waals surface area (Å²) in [5, 5.41) is 0. The van der Waals surface area contributed by atoms with Crippen molar-refractivity contribution < 1.29 is 13.0 Å². The van der Waals surface area contributed by atoms with Crippen molar-refractivity contribution in [3.63, 3.8) is 0 Å². The molecule has 1 aromatic rings. The second-order valence-electron chi connectivity index (χ2n) is 5.15. The third kappa shape index (κ3) is 5.74. The van der Waals surface area contributed by atoms with Crippen molar-refractivity contribution in [3.8, 4) is 0 Å². The Balaban J connectivity index is 2.47. The van der Waals surface area contributed by atoms with Crippen LogP contribution in [0.1, 0.15) is 63.9 Å². The Bertz CT molecular complexity index is 463. The zero-order valence-electron chi connectivity index (χ0n) is 11.8. The van der Waals surface area contributed by atoms with E-state index in [0.717, 1.165) is 12.0 Å². The van der Waals surface area contributed by atoms with Crippen molar-refractivity contribution in [2.45, 2.75) is 63.2 Å². The van der Waals surface area contributed by atoms with Gasteiger partial charge in [0.25, 0.3) is 10.1 Å². The highest BCUT2D eigenvalue weighted by molar-refractivity contribution is 7.85. The maximum Gasteiger partial charge on any atom is 0.294 e. The third-order valence-corrected chi connectivity index (χ3v) is 4.36. The molecule has 0 saturated carbocycles. The molecule has 0 saturated heterocycles. The molecule has 1 rings (SSSR count). The van der Waals surface area contributed by atoms with E-state index in [4.69, 9.17) is 4.55 Å². The standard InChI is InChI=1S/C15H24O3S/c1-3-4-5-6-7-8-13(2)14-9-11-15(12-10-14)19(16,17)18/h9-13H,3-8H2,1-2H3,(H,16,17,18). The van der Waals surface area contributed by atoms with Crippen molar-refractivity contribution >= 4 is 10.1 Å². The van der Waals surface area contributed by atoms with Crippen LogP contribution in [0.3, 0.4) is 0 Å². The molecule has 19 heavy (non-hydrogen) atoms. The van der Waals surface area contributed by atoms with Gasteiger partial charge in [-0.15, -0.1) is 0 Å². The van der Waals surface area contributed by atoms with Crippen LogP contribution in [0.25, 0.3) is 0 Å². The topological polar surface area (TPSA) is 54.4 Å². The Hall–Kier alpha value is -0.870. The first kappa shape index (κ1) is 16.2. The smallest absolute Gasteiger partial charge is 0.282 e. The Morgan fingerprint density at radius 1 is 1.05 bits per heavy atom. The molecule has 0 radical (unpaired) electrons. The van der Waals surface area contributed by atoms with Crippen LogP contribution in [0, 0.1) is 0 Å². The molecule has 0 bridgehead atoms. The van der Waals surface area contributed by atoms with E-state index in [1.807, 2.05) is 0 Å². The van der Waals surface area contributed by atoms with Crippen LogP contribution in [-0.4, -0.2) is 13.0 Å². The number of unbranched alkanes of at least 4 members (excludes halogenated alkanes) is 4. The normalized spacial score (nSPS) is 13.4. The lowest BCUT2D eigenvalue weighted by Gasteiger charge is -2.12. The highest BCUT2D eigenvalue weighted by atomic mass is 32.2. The van der Waals surface area contributed by atoms with Crippen LogP contribution in [0.15, 0.2) is 29.2 Å². The molecule has 0 fully saturated rings. The molecule has 4 heteroatoms. The van der Waals surface area contributed by atoms with Crippen LogP contribution in [0.4, 0.5) is 0 Å². The van der Waals surface area contributed by atoms with Gasteiger partial charge in [-0.05, 0) is 30.0 Å². The van der Waals surface area contributed by atoms with Gasteiger partial charge < -0.3 is 0 Å². The lowest BCUT2D eigenvalue weighted by Crippen LogP contribution is -1.99. The van der Waals surface area contributed by atoms with E-state index in [1.165, 1.54) is 44.2 Å². The van der Waals surface area contributed by atoms with Crippen molar-refractivity contribution in [3.05, 3.63) is 29.8 Å². The Kier molecular flexibility index (Phi) is 6.52. The Labute approximate surface area is 116 Å². The second-order valence-corrected chi connectivity index (χ2v) is 6.57. The average molecular weight is 284 g/mol. The predicted molar refractivity (Wildman–Crippen MR) is 78.0 cm³/mol. The summed E-state index contributed by atoms with van der Waals surface area (Å²) in [5.74, 6) is 0.428. The van der Waals surface area contributed by atoms with Crippen LogP contribution in [0.2, 0.25) is 0 Å². The fraction of sp³-hybridized carbons (Fsp3) is 0.600. The summed E-state index contributed by atoms with van der Waals surface area (Å²) in [6, 6.07) is 6.52. The summed E-state index contributed by atoms with van der Waals surface area (Å²) in [4.78, 5) is -0.0357. The molecular formula is C15H24O3S. The summed E-state index contributed by atoms with van der Waals surface area (Å²) in [5.41, 5.74) is 1.13. The molecule has 0 aliphatic heterocycles. The molecule has 1 N–H and O–H groups in total. The number of hydrogen-bond acceptors (Lipinski definition) is 2. The number of benzene rings is 1. The van der Waals surface area contributed by atoms with E-state index in [9.17, 15) is 8.42 Å². The van der Waals surface area contributed by atoms with Crippen molar-refractivity contribution in [1.29, 1.82) is 0 Å². The van der Waals surface area contributed by atoms with E-state index in [0.29, 0.717) is 5.92 Å². The first-order chi connectivity index (χ1) is 8.95. The molecule has 0 aliphatic rings. The molecule has 0 heterocycles. The quantitative estimate of drug-likeness (QED) is 0.568. The zero-order chi connectivity index (χ0) is 14.3.